The molecule has 0 fully saturated rings. The summed E-state index contributed by atoms with van der Waals surface area (Å²) in [5, 5.41) is 21.3. The number of aliphatic hydroxyl groups is 1. The van der Waals surface area contributed by atoms with Crippen LogP contribution in [0, 0.1) is 5.82 Å². The summed E-state index contributed by atoms with van der Waals surface area (Å²) in [6.45, 7) is 3.34. The molecule has 0 aliphatic rings. The van der Waals surface area contributed by atoms with Gasteiger partial charge in [0.1, 0.15) is 17.1 Å². The van der Waals surface area contributed by atoms with E-state index in [1.807, 2.05) is 6.92 Å². The molecule has 0 saturated heterocycles. The highest BCUT2D eigenvalue weighted by Crippen LogP contribution is 2.21. The second-order valence-corrected chi connectivity index (χ2v) is 4.56. The highest BCUT2D eigenvalue weighted by atomic mass is 19.1. The SMILES string of the molecule is CCCC(C)(CO)NC(=O)c1c(O)cccc1F. The summed E-state index contributed by atoms with van der Waals surface area (Å²) in [6, 6.07) is 3.66. The lowest BCUT2D eigenvalue weighted by molar-refractivity contribution is 0.0834. The van der Waals surface area contributed by atoms with Gasteiger partial charge in [-0.05, 0) is 25.5 Å². The average Bonchev–Trinajstić information content (AvgIpc) is 2.29. The monoisotopic (exact) mass is 255 g/mol. The number of carbonyl (C=O) groups excluding carboxylic acids is 1. The van der Waals surface area contributed by atoms with Crippen molar-refractivity contribution in [3.8, 4) is 5.75 Å². The summed E-state index contributed by atoms with van der Waals surface area (Å²) in [6.07, 6.45) is 1.32. The van der Waals surface area contributed by atoms with E-state index in [1.54, 1.807) is 6.92 Å². The van der Waals surface area contributed by atoms with Crippen LogP contribution in [-0.4, -0.2) is 28.3 Å². The van der Waals surface area contributed by atoms with Crippen LogP contribution < -0.4 is 5.32 Å². The Morgan fingerprint density at radius 2 is 2.17 bits per heavy atom. The van der Waals surface area contributed by atoms with E-state index in [0.29, 0.717) is 6.42 Å². The number of carbonyl (C=O) groups is 1. The van der Waals surface area contributed by atoms with Crippen LogP contribution in [-0.2, 0) is 0 Å². The number of aromatic hydroxyl groups is 1. The van der Waals surface area contributed by atoms with Gasteiger partial charge >= 0.3 is 0 Å². The van der Waals surface area contributed by atoms with E-state index in [9.17, 15) is 19.4 Å². The maximum atomic E-state index is 13.5. The van der Waals surface area contributed by atoms with Gasteiger partial charge in [-0.15, -0.1) is 0 Å². The molecule has 1 unspecified atom stereocenters. The number of hydrogen-bond acceptors (Lipinski definition) is 3. The van der Waals surface area contributed by atoms with E-state index in [1.165, 1.54) is 12.1 Å². The first-order valence-electron chi connectivity index (χ1n) is 5.84. The molecule has 1 amide bonds. The molecule has 18 heavy (non-hydrogen) atoms. The Hall–Kier alpha value is -1.62. The Kier molecular flexibility index (Phi) is 4.67. The number of nitrogens with one attached hydrogen (secondary N) is 1. The molecule has 1 aromatic carbocycles. The fourth-order valence-electron chi connectivity index (χ4n) is 1.81. The van der Waals surface area contributed by atoms with Crippen LogP contribution in [0.4, 0.5) is 4.39 Å². The molecule has 5 heteroatoms. The van der Waals surface area contributed by atoms with Gasteiger partial charge in [0.05, 0.1) is 12.1 Å². The van der Waals surface area contributed by atoms with E-state index in [-0.39, 0.29) is 6.61 Å². The quantitative estimate of drug-likeness (QED) is 0.751. The van der Waals surface area contributed by atoms with E-state index in [4.69, 9.17) is 0 Å². The van der Waals surface area contributed by atoms with E-state index >= 15 is 0 Å². The predicted molar refractivity (Wildman–Crippen MR) is 65.9 cm³/mol. The van der Waals surface area contributed by atoms with Crippen molar-refractivity contribution in [2.75, 3.05) is 6.61 Å². The van der Waals surface area contributed by atoms with Crippen LogP contribution >= 0.6 is 0 Å². The molecule has 1 aromatic rings. The van der Waals surface area contributed by atoms with Crippen molar-refractivity contribution in [1.82, 2.24) is 5.32 Å². The summed E-state index contributed by atoms with van der Waals surface area (Å²) in [5.74, 6) is -1.93. The van der Waals surface area contributed by atoms with Crippen LogP contribution in [0.25, 0.3) is 0 Å². The van der Waals surface area contributed by atoms with Crippen molar-refractivity contribution in [3.63, 3.8) is 0 Å². The zero-order valence-corrected chi connectivity index (χ0v) is 10.5. The van der Waals surface area contributed by atoms with Gasteiger partial charge in [0, 0.05) is 0 Å². The fraction of sp³-hybridized carbons (Fsp3) is 0.462. The van der Waals surface area contributed by atoms with Crippen LogP contribution in [0.15, 0.2) is 18.2 Å². The van der Waals surface area contributed by atoms with E-state index in [2.05, 4.69) is 5.32 Å². The molecule has 1 atom stereocenters. The Labute approximate surface area is 105 Å². The first kappa shape index (κ1) is 14.4. The summed E-state index contributed by atoms with van der Waals surface area (Å²) in [5.41, 5.74) is -1.21. The topological polar surface area (TPSA) is 69.6 Å². The predicted octanol–water partition coefficient (Wildman–Crippen LogP) is 1.81. The number of rotatable bonds is 5. The van der Waals surface area contributed by atoms with Gasteiger partial charge in [-0.3, -0.25) is 4.79 Å². The second kappa shape index (κ2) is 5.82. The molecule has 1 rings (SSSR count). The number of halogens is 1. The van der Waals surface area contributed by atoms with Crippen LogP contribution in [0.5, 0.6) is 5.75 Å². The van der Waals surface area contributed by atoms with Gasteiger partial charge in [0.25, 0.3) is 5.91 Å². The van der Waals surface area contributed by atoms with Gasteiger partial charge < -0.3 is 15.5 Å². The minimum Gasteiger partial charge on any atom is -0.507 e. The summed E-state index contributed by atoms with van der Waals surface area (Å²) in [7, 11) is 0. The molecular formula is C13H18FNO3. The van der Waals surface area contributed by atoms with Crippen LogP contribution in [0.3, 0.4) is 0 Å². The molecule has 0 aromatic heterocycles. The van der Waals surface area contributed by atoms with Crippen molar-refractivity contribution in [2.24, 2.45) is 0 Å². The third-order valence-electron chi connectivity index (χ3n) is 2.78. The Balaban J connectivity index is 2.95. The highest BCUT2D eigenvalue weighted by Gasteiger charge is 2.27. The molecule has 0 aliphatic carbocycles. The zero-order valence-electron chi connectivity index (χ0n) is 10.5. The number of hydrogen-bond donors (Lipinski definition) is 3. The summed E-state index contributed by atoms with van der Waals surface area (Å²) in [4.78, 5) is 11.9. The Bertz CT molecular complexity index is 416. The Morgan fingerprint density at radius 3 is 2.67 bits per heavy atom. The first-order chi connectivity index (χ1) is 8.43. The van der Waals surface area contributed by atoms with Gasteiger partial charge in [-0.25, -0.2) is 4.39 Å². The third-order valence-corrected chi connectivity index (χ3v) is 2.78. The first-order valence-corrected chi connectivity index (χ1v) is 5.84. The summed E-state index contributed by atoms with van der Waals surface area (Å²) < 4.78 is 13.5. The summed E-state index contributed by atoms with van der Waals surface area (Å²) >= 11 is 0. The maximum Gasteiger partial charge on any atom is 0.258 e. The molecule has 3 N–H and O–H groups in total. The molecular weight excluding hydrogens is 237 g/mol. The minimum atomic E-state index is -0.819. The molecule has 4 nitrogen and oxygen atoms in total. The number of phenolic OH excluding ortho intramolecular Hbond substituents is 1. The molecule has 0 radical (unpaired) electrons. The van der Waals surface area contributed by atoms with Crippen molar-refractivity contribution in [3.05, 3.63) is 29.6 Å². The van der Waals surface area contributed by atoms with Crippen molar-refractivity contribution in [2.45, 2.75) is 32.2 Å². The molecule has 0 aliphatic heterocycles. The largest absolute Gasteiger partial charge is 0.507 e. The molecule has 100 valence electrons. The standard InChI is InChI=1S/C13H18FNO3/c1-3-7-13(2,8-16)15-12(18)11-9(14)5-4-6-10(11)17/h4-6,16-17H,3,7-8H2,1-2H3,(H,15,18). The maximum absolute atomic E-state index is 13.5. The van der Waals surface area contributed by atoms with Crippen LogP contribution in [0.1, 0.15) is 37.0 Å². The molecule has 0 saturated carbocycles. The molecule has 0 heterocycles. The van der Waals surface area contributed by atoms with E-state index < -0.39 is 28.6 Å². The van der Waals surface area contributed by atoms with Gasteiger partial charge in [-0.1, -0.05) is 19.4 Å². The second-order valence-electron chi connectivity index (χ2n) is 4.56. The minimum absolute atomic E-state index is 0.248. The number of phenols is 1. The number of amides is 1. The zero-order chi connectivity index (χ0) is 13.8. The fourth-order valence-corrected chi connectivity index (χ4v) is 1.81. The van der Waals surface area contributed by atoms with Crippen LogP contribution in [0.2, 0.25) is 0 Å². The van der Waals surface area contributed by atoms with E-state index in [0.717, 1.165) is 12.5 Å². The van der Waals surface area contributed by atoms with Gasteiger partial charge in [0.15, 0.2) is 0 Å². The highest BCUT2D eigenvalue weighted by molar-refractivity contribution is 5.97. The average molecular weight is 255 g/mol. The number of aliphatic hydroxyl groups excluding tert-OH is 1. The van der Waals surface area contributed by atoms with Crippen molar-refractivity contribution in [1.29, 1.82) is 0 Å². The smallest absolute Gasteiger partial charge is 0.258 e. The normalized spacial score (nSPS) is 14.0. The third kappa shape index (κ3) is 3.20. The van der Waals surface area contributed by atoms with Gasteiger partial charge in [0.2, 0.25) is 0 Å². The lowest BCUT2D eigenvalue weighted by Gasteiger charge is -2.28. The number of benzene rings is 1. The molecule has 0 spiro atoms. The molecule has 0 bridgehead atoms. The van der Waals surface area contributed by atoms with Crippen molar-refractivity contribution < 1.29 is 19.4 Å². The Morgan fingerprint density at radius 1 is 1.50 bits per heavy atom. The van der Waals surface area contributed by atoms with Gasteiger partial charge in [-0.2, -0.15) is 0 Å². The lowest BCUT2D eigenvalue weighted by atomic mass is 9.96. The van der Waals surface area contributed by atoms with Crippen molar-refractivity contribution >= 4 is 5.91 Å². The lowest BCUT2D eigenvalue weighted by Crippen LogP contribution is -2.49.